The zero-order chi connectivity index (χ0) is 24.7. The largest absolute Gasteiger partial charge is 0.495 e. The molecule has 5 aromatic rings. The smallest absolute Gasteiger partial charge is 0.267 e. The molecule has 3 aromatic carbocycles. The predicted octanol–water partition coefficient (Wildman–Crippen LogP) is 4.94. The van der Waals surface area contributed by atoms with Gasteiger partial charge in [0.25, 0.3) is 5.56 Å². The van der Waals surface area contributed by atoms with E-state index in [4.69, 9.17) is 4.74 Å². The molecule has 0 spiro atoms. The number of Topliss-reactive ketones (excluding diaryl/α,β-unsaturated/α-hetero) is 1. The van der Waals surface area contributed by atoms with Gasteiger partial charge in [0.05, 0.1) is 29.5 Å². The molecule has 35 heavy (non-hydrogen) atoms. The van der Waals surface area contributed by atoms with Crippen molar-refractivity contribution in [1.29, 1.82) is 0 Å². The number of aryl methyl sites for hydroxylation is 3. The van der Waals surface area contributed by atoms with Gasteiger partial charge in [-0.1, -0.05) is 53.7 Å². The van der Waals surface area contributed by atoms with Crippen LogP contribution in [0.3, 0.4) is 0 Å². The number of fused-ring (bicyclic) bond motifs is 3. The summed E-state index contributed by atoms with van der Waals surface area (Å²) in [4.78, 5) is 26.6. The first-order valence-corrected chi connectivity index (χ1v) is 12.1. The van der Waals surface area contributed by atoms with E-state index in [-0.39, 0.29) is 17.1 Å². The number of benzene rings is 3. The fraction of sp³-hybridized carbons (Fsp3) is 0.185. The molecule has 0 atom stereocenters. The minimum absolute atomic E-state index is 0.0160. The molecule has 0 radical (unpaired) electrons. The second kappa shape index (κ2) is 9.03. The molecular formula is C27H24N4O3S. The molecular weight excluding hydrogens is 460 g/mol. The topological polar surface area (TPSA) is 78.5 Å². The van der Waals surface area contributed by atoms with E-state index < -0.39 is 0 Å². The Morgan fingerprint density at radius 1 is 0.971 bits per heavy atom. The van der Waals surface area contributed by atoms with Gasteiger partial charge in [-0.2, -0.15) is 0 Å². The highest BCUT2D eigenvalue weighted by molar-refractivity contribution is 7.99. The third kappa shape index (κ3) is 4.00. The third-order valence-electron chi connectivity index (χ3n) is 5.98. The number of aromatic nitrogens is 4. The Bertz CT molecular complexity index is 1670. The highest BCUT2D eigenvalue weighted by Gasteiger charge is 2.21. The van der Waals surface area contributed by atoms with Gasteiger partial charge in [0.15, 0.2) is 10.9 Å². The molecule has 0 aliphatic heterocycles. The summed E-state index contributed by atoms with van der Waals surface area (Å²) < 4.78 is 8.91. The summed E-state index contributed by atoms with van der Waals surface area (Å²) in [6.45, 7) is 5.90. The average Bonchev–Trinajstić information content (AvgIpc) is 3.26. The zero-order valence-corrected chi connectivity index (χ0v) is 20.7. The maximum Gasteiger partial charge on any atom is 0.267 e. The molecule has 2 aromatic heterocycles. The third-order valence-corrected chi connectivity index (χ3v) is 6.91. The maximum absolute atomic E-state index is 13.6. The van der Waals surface area contributed by atoms with Gasteiger partial charge in [-0.05, 0) is 56.2 Å². The number of hydrogen-bond acceptors (Lipinski definition) is 6. The minimum atomic E-state index is -0.215. The predicted molar refractivity (Wildman–Crippen MR) is 138 cm³/mol. The average molecular weight is 485 g/mol. The molecule has 0 aliphatic rings. The molecule has 2 heterocycles. The van der Waals surface area contributed by atoms with Gasteiger partial charge in [-0.3, -0.25) is 14.0 Å². The molecule has 0 aliphatic carbocycles. The van der Waals surface area contributed by atoms with E-state index in [9.17, 15) is 9.59 Å². The van der Waals surface area contributed by atoms with Crippen molar-refractivity contribution in [1.82, 2.24) is 19.2 Å². The van der Waals surface area contributed by atoms with E-state index in [0.29, 0.717) is 38.8 Å². The zero-order valence-electron chi connectivity index (χ0n) is 19.9. The van der Waals surface area contributed by atoms with E-state index in [1.165, 1.54) is 16.3 Å². The van der Waals surface area contributed by atoms with Crippen molar-refractivity contribution in [3.63, 3.8) is 0 Å². The van der Waals surface area contributed by atoms with Crippen LogP contribution in [0.4, 0.5) is 0 Å². The van der Waals surface area contributed by atoms with Gasteiger partial charge < -0.3 is 4.74 Å². The van der Waals surface area contributed by atoms with Crippen molar-refractivity contribution in [3.8, 4) is 11.4 Å². The summed E-state index contributed by atoms with van der Waals surface area (Å²) in [5, 5.41) is 9.81. The summed E-state index contributed by atoms with van der Waals surface area (Å²) in [6.07, 6.45) is 0. The van der Waals surface area contributed by atoms with Crippen molar-refractivity contribution >= 4 is 34.2 Å². The van der Waals surface area contributed by atoms with Crippen LogP contribution in [0.5, 0.6) is 5.75 Å². The van der Waals surface area contributed by atoms with E-state index in [2.05, 4.69) is 10.2 Å². The minimum Gasteiger partial charge on any atom is -0.495 e. The van der Waals surface area contributed by atoms with E-state index in [1.807, 2.05) is 79.8 Å². The van der Waals surface area contributed by atoms with Gasteiger partial charge in [0, 0.05) is 5.56 Å². The number of methoxy groups -OCH3 is 1. The number of carbonyl (C=O) groups is 1. The van der Waals surface area contributed by atoms with Gasteiger partial charge in [-0.15, -0.1) is 10.2 Å². The Morgan fingerprint density at radius 3 is 2.49 bits per heavy atom. The lowest BCUT2D eigenvalue weighted by molar-refractivity contribution is 0.102. The quantitative estimate of drug-likeness (QED) is 0.251. The summed E-state index contributed by atoms with van der Waals surface area (Å²) in [6, 6.07) is 18.8. The van der Waals surface area contributed by atoms with Crippen LogP contribution in [0, 0.1) is 20.8 Å². The van der Waals surface area contributed by atoms with Crippen molar-refractivity contribution in [2.24, 2.45) is 0 Å². The number of thioether (sulfide) groups is 1. The number of nitrogens with zero attached hydrogens (tertiary/aromatic N) is 4. The van der Waals surface area contributed by atoms with Crippen molar-refractivity contribution in [2.45, 2.75) is 25.9 Å². The summed E-state index contributed by atoms with van der Waals surface area (Å²) in [7, 11) is 1.57. The monoisotopic (exact) mass is 484 g/mol. The maximum atomic E-state index is 13.6. The van der Waals surface area contributed by atoms with Crippen LogP contribution < -0.4 is 10.3 Å². The van der Waals surface area contributed by atoms with Gasteiger partial charge in [0.2, 0.25) is 5.78 Å². The lowest BCUT2D eigenvalue weighted by Crippen LogP contribution is -2.22. The fourth-order valence-corrected chi connectivity index (χ4v) is 5.12. The molecule has 0 saturated heterocycles. The van der Waals surface area contributed by atoms with Crippen LogP contribution in [-0.4, -0.2) is 37.8 Å². The highest BCUT2D eigenvalue weighted by Crippen LogP contribution is 2.28. The fourth-order valence-electron chi connectivity index (χ4n) is 4.30. The second-order valence-corrected chi connectivity index (χ2v) is 9.42. The van der Waals surface area contributed by atoms with Crippen LogP contribution >= 0.6 is 11.8 Å². The van der Waals surface area contributed by atoms with Gasteiger partial charge in [0.1, 0.15) is 5.75 Å². The molecule has 0 fully saturated rings. The Balaban J connectivity index is 1.66. The van der Waals surface area contributed by atoms with Crippen molar-refractivity contribution in [3.05, 3.63) is 93.3 Å². The standard InChI is InChI=1S/C27H24N4O3S/c1-16-9-11-19(18(3)13-16)23(32)15-35-27-29-28-26-30(22-14-17(2)10-12-24(22)34-4)25(33)20-7-5-6-8-21(20)31(26)27/h5-14H,15H2,1-4H3. The summed E-state index contributed by atoms with van der Waals surface area (Å²) >= 11 is 1.30. The van der Waals surface area contributed by atoms with E-state index in [1.54, 1.807) is 13.2 Å². The lowest BCUT2D eigenvalue weighted by atomic mass is 10.0. The van der Waals surface area contributed by atoms with Crippen molar-refractivity contribution in [2.75, 3.05) is 12.9 Å². The number of ketones is 1. The SMILES string of the molecule is COc1ccc(C)cc1-n1c(=O)c2ccccc2n2c(SCC(=O)c3ccc(C)cc3C)nnc12. The number of carbonyl (C=O) groups excluding carboxylic acids is 1. The van der Waals surface area contributed by atoms with Crippen LogP contribution in [-0.2, 0) is 0 Å². The first-order valence-electron chi connectivity index (χ1n) is 11.2. The van der Waals surface area contributed by atoms with Gasteiger partial charge >= 0.3 is 0 Å². The Hall–Kier alpha value is -3.91. The molecule has 8 heteroatoms. The summed E-state index contributed by atoms with van der Waals surface area (Å²) in [5.41, 5.74) is 4.80. The molecule has 0 saturated carbocycles. The molecule has 5 rings (SSSR count). The number of hydrogen-bond donors (Lipinski definition) is 0. The number of rotatable bonds is 6. The Morgan fingerprint density at radius 2 is 1.71 bits per heavy atom. The van der Waals surface area contributed by atoms with Crippen LogP contribution in [0.15, 0.2) is 70.6 Å². The lowest BCUT2D eigenvalue weighted by Gasteiger charge is -2.14. The van der Waals surface area contributed by atoms with Crippen LogP contribution in [0.1, 0.15) is 27.0 Å². The Labute approximate surface area is 206 Å². The molecule has 0 amide bonds. The van der Waals surface area contributed by atoms with Gasteiger partial charge in [-0.25, -0.2) is 4.57 Å². The van der Waals surface area contributed by atoms with E-state index in [0.717, 1.165) is 16.7 Å². The number of ether oxygens (including phenoxy) is 1. The first kappa shape index (κ1) is 22.9. The molecule has 176 valence electrons. The molecule has 7 nitrogen and oxygen atoms in total. The second-order valence-electron chi connectivity index (χ2n) is 8.48. The van der Waals surface area contributed by atoms with Crippen LogP contribution in [0.25, 0.3) is 22.4 Å². The first-order chi connectivity index (χ1) is 16.9. The van der Waals surface area contributed by atoms with E-state index >= 15 is 0 Å². The summed E-state index contributed by atoms with van der Waals surface area (Å²) in [5.74, 6) is 1.13. The van der Waals surface area contributed by atoms with Crippen molar-refractivity contribution < 1.29 is 9.53 Å². The normalized spacial score (nSPS) is 11.3. The molecule has 0 bridgehead atoms. The molecule has 0 N–H and O–H groups in total. The molecule has 0 unspecified atom stereocenters. The number of para-hydroxylation sites is 1. The highest BCUT2D eigenvalue weighted by atomic mass is 32.2. The Kier molecular flexibility index (Phi) is 5.90. The van der Waals surface area contributed by atoms with Crippen LogP contribution in [0.2, 0.25) is 0 Å².